The number of fused-ring (bicyclic) bond motifs is 4. The van der Waals surface area contributed by atoms with Crippen LogP contribution in [-0.2, 0) is 38.4 Å². The van der Waals surface area contributed by atoms with E-state index in [2.05, 4.69) is 26.8 Å². The number of rotatable bonds is 24. The molecule has 4 N–H and O–H groups in total. The molecule has 0 spiro atoms. The number of carbonyl (C=O) groups excluding carboxylic acids is 2. The Balaban J connectivity index is 1.30. The monoisotopic (exact) mass is 881 g/mol. The van der Waals surface area contributed by atoms with Crippen LogP contribution in [-0.4, -0.2) is 89.1 Å². The number of aliphatic hydroxyl groups excluding tert-OH is 2. The third-order valence-corrected chi connectivity index (χ3v) is 16.5. The normalized spacial score (nSPS) is 33.6. The SMILES string of the molecule is CC(=O)O[C@H]1[C@H](O)C2=C(CC[C@H]3C(C)(C)[C@@H](OS(=O)(=O)O)[C@H](OC(=O)CCCCCCCCCCCCCCCO)C[C@]23C)C2=CC[C@H]([C@@H](C)CC[C@]3(C(C)(C)O)CO3)[C@]21C. The van der Waals surface area contributed by atoms with Crippen LogP contribution in [0.2, 0.25) is 0 Å². The van der Waals surface area contributed by atoms with Gasteiger partial charge in [0.2, 0.25) is 0 Å². The summed E-state index contributed by atoms with van der Waals surface area (Å²) in [6, 6.07) is 0. The fourth-order valence-electron chi connectivity index (χ4n) is 12.6. The van der Waals surface area contributed by atoms with Crippen molar-refractivity contribution in [3.63, 3.8) is 0 Å². The van der Waals surface area contributed by atoms with Gasteiger partial charge in [0, 0.05) is 25.4 Å². The number of allylic oxidation sites excluding steroid dienone is 2. The van der Waals surface area contributed by atoms with Gasteiger partial charge in [-0.1, -0.05) is 111 Å². The van der Waals surface area contributed by atoms with E-state index in [9.17, 15) is 32.8 Å². The molecule has 1 aliphatic heterocycles. The molecular weight excluding hydrogens is 801 g/mol. The third-order valence-electron chi connectivity index (χ3n) is 16.1. The lowest BCUT2D eigenvalue weighted by molar-refractivity contribution is -0.189. The minimum atomic E-state index is -4.92. The molecule has 0 aromatic carbocycles. The summed E-state index contributed by atoms with van der Waals surface area (Å²) >= 11 is 0. The summed E-state index contributed by atoms with van der Waals surface area (Å²) in [7, 11) is -4.92. The van der Waals surface area contributed by atoms with Crippen molar-refractivity contribution in [2.45, 2.75) is 219 Å². The molecule has 13 heteroatoms. The van der Waals surface area contributed by atoms with Gasteiger partial charge < -0.3 is 29.5 Å². The molecule has 0 amide bonds. The standard InChI is InChI=1S/C48H80O12S/c1-32(27-28-48(31-57-48)45(5,6)53)35-24-25-36-34-23-26-38-44(3,4)42(60-61(54,55)56)37(30-46(38,7)40(34)41(52)43(47(35,36)8)58-33(2)50)59-39(51)22-20-18-16-14-12-10-9-11-13-15-17-19-21-29-49/h25,32,35,37-38,41-43,49,52-53H,9-24,26-31H2,1-8H3,(H,54,55,56)/t32-,35+,37+,38-,41+,42-,43-,46-,47+,48+/m0/s1. The lowest BCUT2D eigenvalue weighted by Gasteiger charge is -2.62. The number of unbranched alkanes of at least 4 members (excludes halogenated alkanes) is 12. The van der Waals surface area contributed by atoms with E-state index in [0.717, 1.165) is 68.1 Å². The van der Waals surface area contributed by atoms with Gasteiger partial charge in [0.15, 0.2) is 0 Å². The van der Waals surface area contributed by atoms with Crippen LogP contribution >= 0.6 is 0 Å². The molecule has 350 valence electrons. The van der Waals surface area contributed by atoms with E-state index in [1.165, 1.54) is 45.4 Å². The minimum Gasteiger partial charge on any atom is -0.459 e. The van der Waals surface area contributed by atoms with Crippen LogP contribution in [0.4, 0.5) is 0 Å². The predicted octanol–water partition coefficient (Wildman–Crippen LogP) is 8.90. The zero-order chi connectivity index (χ0) is 45.0. The average molecular weight is 881 g/mol. The van der Waals surface area contributed by atoms with Crippen LogP contribution in [0.3, 0.4) is 0 Å². The van der Waals surface area contributed by atoms with Crippen LogP contribution in [0.25, 0.3) is 0 Å². The zero-order valence-corrected chi connectivity index (χ0v) is 39.5. The summed E-state index contributed by atoms with van der Waals surface area (Å²) in [6.45, 7) is 15.8. The molecule has 1 saturated heterocycles. The van der Waals surface area contributed by atoms with Crippen LogP contribution in [0, 0.1) is 34.0 Å². The Kier molecular flexibility index (Phi) is 16.5. The second kappa shape index (κ2) is 20.1. The first-order chi connectivity index (χ1) is 28.5. The summed E-state index contributed by atoms with van der Waals surface area (Å²) < 4.78 is 58.3. The molecule has 2 fully saturated rings. The highest BCUT2D eigenvalue weighted by Gasteiger charge is 2.66. The van der Waals surface area contributed by atoms with Crippen molar-refractivity contribution < 1.29 is 56.3 Å². The number of carbonyl (C=O) groups is 2. The summed E-state index contributed by atoms with van der Waals surface area (Å²) in [5.41, 5.74) is -1.15. The van der Waals surface area contributed by atoms with Crippen molar-refractivity contribution in [2.24, 2.45) is 34.0 Å². The van der Waals surface area contributed by atoms with Gasteiger partial charge >= 0.3 is 22.3 Å². The topological polar surface area (TPSA) is 189 Å². The van der Waals surface area contributed by atoms with Gasteiger partial charge in [-0.15, -0.1) is 0 Å². The lowest BCUT2D eigenvalue weighted by Crippen LogP contribution is -2.63. The second-order valence-electron chi connectivity index (χ2n) is 21.0. The summed E-state index contributed by atoms with van der Waals surface area (Å²) in [5, 5.41) is 32.4. The van der Waals surface area contributed by atoms with Gasteiger partial charge in [0.05, 0.1) is 12.2 Å². The highest BCUT2D eigenvalue weighted by Crippen LogP contribution is 2.68. The maximum Gasteiger partial charge on any atom is 0.397 e. The molecule has 1 saturated carbocycles. The Morgan fingerprint density at radius 2 is 1.48 bits per heavy atom. The molecule has 5 aliphatic rings. The molecule has 0 aromatic rings. The molecule has 0 radical (unpaired) electrons. The number of hydrogen-bond donors (Lipinski definition) is 4. The maximum atomic E-state index is 13.6. The number of hydrogen-bond acceptors (Lipinski definition) is 11. The Morgan fingerprint density at radius 3 is 1.98 bits per heavy atom. The highest BCUT2D eigenvalue weighted by molar-refractivity contribution is 7.80. The maximum absolute atomic E-state index is 13.6. The molecule has 0 unspecified atom stereocenters. The molecule has 4 aliphatic carbocycles. The molecule has 0 bridgehead atoms. The van der Waals surface area contributed by atoms with E-state index in [1.54, 1.807) is 13.8 Å². The number of esters is 2. The zero-order valence-electron chi connectivity index (χ0n) is 38.6. The van der Waals surface area contributed by atoms with Crippen molar-refractivity contribution in [3.05, 3.63) is 22.8 Å². The predicted molar refractivity (Wildman–Crippen MR) is 234 cm³/mol. The van der Waals surface area contributed by atoms with Crippen LogP contribution < -0.4 is 0 Å². The number of epoxide rings is 1. The van der Waals surface area contributed by atoms with Crippen LogP contribution in [0.1, 0.15) is 184 Å². The van der Waals surface area contributed by atoms with E-state index in [1.807, 2.05) is 13.8 Å². The Morgan fingerprint density at radius 1 is 0.918 bits per heavy atom. The molecule has 12 nitrogen and oxygen atoms in total. The molecular formula is C48H80O12S. The number of ether oxygens (including phenoxy) is 3. The molecule has 10 atom stereocenters. The second-order valence-corrected chi connectivity index (χ2v) is 22.1. The van der Waals surface area contributed by atoms with Crippen molar-refractivity contribution in [2.75, 3.05) is 13.2 Å². The third kappa shape index (κ3) is 11.2. The first-order valence-corrected chi connectivity index (χ1v) is 25.0. The molecule has 61 heavy (non-hydrogen) atoms. The van der Waals surface area contributed by atoms with E-state index < -0.39 is 74.2 Å². The van der Waals surface area contributed by atoms with Crippen LogP contribution in [0.5, 0.6) is 0 Å². The Labute approximate surface area is 366 Å². The van der Waals surface area contributed by atoms with E-state index in [-0.39, 0.29) is 37.2 Å². The minimum absolute atomic E-state index is 0.0336. The number of aliphatic hydroxyl groups is 3. The van der Waals surface area contributed by atoms with Gasteiger partial charge in [-0.25, -0.2) is 4.18 Å². The fourth-order valence-corrected chi connectivity index (χ4v) is 13.3. The van der Waals surface area contributed by atoms with Gasteiger partial charge in [-0.05, 0) is 111 Å². The Hall–Kier alpha value is -1.87. The first-order valence-electron chi connectivity index (χ1n) is 23.7. The molecule has 1 heterocycles. The van der Waals surface area contributed by atoms with E-state index in [4.69, 9.17) is 23.5 Å². The summed E-state index contributed by atoms with van der Waals surface area (Å²) in [4.78, 5) is 26.4. The largest absolute Gasteiger partial charge is 0.459 e. The fraction of sp³-hybridized carbons (Fsp3) is 0.875. The van der Waals surface area contributed by atoms with E-state index >= 15 is 0 Å². The molecule has 5 rings (SSSR count). The van der Waals surface area contributed by atoms with Gasteiger partial charge in [0.25, 0.3) is 0 Å². The molecule has 0 aromatic heterocycles. The van der Waals surface area contributed by atoms with Crippen molar-refractivity contribution in [1.82, 2.24) is 0 Å². The van der Waals surface area contributed by atoms with Crippen molar-refractivity contribution in [3.8, 4) is 0 Å². The highest BCUT2D eigenvalue weighted by atomic mass is 32.3. The van der Waals surface area contributed by atoms with Crippen LogP contribution in [0.15, 0.2) is 22.8 Å². The average Bonchev–Trinajstić information content (AvgIpc) is 3.88. The van der Waals surface area contributed by atoms with Crippen molar-refractivity contribution >= 4 is 22.3 Å². The quantitative estimate of drug-likeness (QED) is 0.0312. The van der Waals surface area contributed by atoms with Gasteiger partial charge in [-0.3, -0.25) is 14.1 Å². The lowest BCUT2D eigenvalue weighted by atomic mass is 9.45. The van der Waals surface area contributed by atoms with Gasteiger partial charge in [-0.2, -0.15) is 8.42 Å². The first kappa shape index (κ1) is 50.1. The van der Waals surface area contributed by atoms with E-state index in [0.29, 0.717) is 32.3 Å². The smallest absolute Gasteiger partial charge is 0.397 e. The summed E-state index contributed by atoms with van der Waals surface area (Å²) in [6.07, 6.45) is 15.9. The van der Waals surface area contributed by atoms with Crippen molar-refractivity contribution in [1.29, 1.82) is 0 Å². The van der Waals surface area contributed by atoms with Gasteiger partial charge in [0.1, 0.15) is 30.0 Å². The Bertz CT molecular complexity index is 1690. The summed E-state index contributed by atoms with van der Waals surface area (Å²) in [5.74, 6) is -1.02.